The summed E-state index contributed by atoms with van der Waals surface area (Å²) in [5, 5.41) is 19.3. The number of ether oxygens (including phenoxy) is 1. The third-order valence-electron chi connectivity index (χ3n) is 6.85. The summed E-state index contributed by atoms with van der Waals surface area (Å²) in [5.41, 5.74) is -1.19. The van der Waals surface area contributed by atoms with Gasteiger partial charge in [0, 0.05) is 18.0 Å². The molecule has 3 N–H and O–H groups in total. The Kier molecular flexibility index (Phi) is 8.17. The van der Waals surface area contributed by atoms with E-state index in [1.807, 2.05) is 0 Å². The lowest BCUT2D eigenvalue weighted by atomic mass is 9.79. The Morgan fingerprint density at radius 2 is 1.81 bits per heavy atom. The molecule has 3 aromatic carbocycles. The quantitative estimate of drug-likeness (QED) is 0.0441. The van der Waals surface area contributed by atoms with Gasteiger partial charge in [-0.1, -0.05) is 24.3 Å². The monoisotopic (exact) mass is 644 g/mol. The van der Waals surface area contributed by atoms with E-state index in [-0.39, 0.29) is 46.6 Å². The van der Waals surface area contributed by atoms with Crippen molar-refractivity contribution in [1.29, 1.82) is 5.26 Å². The average molecular weight is 645 g/mol. The molecule has 2 aromatic heterocycles. The second-order valence-electron chi connectivity index (χ2n) is 9.52. The van der Waals surface area contributed by atoms with E-state index in [4.69, 9.17) is 9.84 Å². The van der Waals surface area contributed by atoms with E-state index >= 15 is 4.39 Å². The molecule has 0 fully saturated rings. The van der Waals surface area contributed by atoms with E-state index in [1.54, 1.807) is 24.3 Å². The SMILES string of the molecule is N#CC(c1cccc(CCC(=O)O)c1)(c1cnc(-c2cc(Oc3c(F)c(F)c4[nH]ccc4c3F)ccc2F)[nH]1)C(S)(S)S. The van der Waals surface area contributed by atoms with Crippen LogP contribution < -0.4 is 4.74 Å². The van der Waals surface area contributed by atoms with Crippen LogP contribution in [-0.4, -0.2) is 29.4 Å². The van der Waals surface area contributed by atoms with Gasteiger partial charge < -0.3 is 19.8 Å². The molecular formula is C29H20F4N4O3S3. The van der Waals surface area contributed by atoms with Crippen molar-refractivity contribution < 1.29 is 32.2 Å². The van der Waals surface area contributed by atoms with E-state index in [2.05, 4.69) is 58.9 Å². The summed E-state index contributed by atoms with van der Waals surface area (Å²) >= 11 is 13.4. The second-order valence-corrected chi connectivity index (χ2v) is 12.6. The molecule has 1 unspecified atom stereocenters. The van der Waals surface area contributed by atoms with Crippen molar-refractivity contribution in [1.82, 2.24) is 15.0 Å². The molecule has 14 heteroatoms. The van der Waals surface area contributed by atoms with Crippen molar-refractivity contribution >= 4 is 54.8 Å². The van der Waals surface area contributed by atoms with Gasteiger partial charge in [0.25, 0.3) is 0 Å². The molecule has 0 aliphatic carbocycles. The number of H-pyrrole nitrogens is 2. The van der Waals surface area contributed by atoms with Crippen LogP contribution in [0, 0.1) is 34.6 Å². The number of thiol groups is 3. The zero-order valence-corrected chi connectivity index (χ0v) is 24.4. The Balaban J connectivity index is 1.56. The standard InChI is InChI=1S/C29H20F4N4O3S3/c30-19-6-5-16(40-26-22(31)17-8-9-35-25(17)23(32)24(26)33)11-18(19)27-36-12-20(37-27)28(13-34,29(41,42)43)15-3-1-2-14(10-15)4-7-21(38)39/h1-3,5-6,8-12,35,41-43H,4,7H2,(H,36,37)(H,38,39). The summed E-state index contributed by atoms with van der Waals surface area (Å²) in [6.45, 7) is 0. The highest BCUT2D eigenvalue weighted by Crippen LogP contribution is 2.50. The fraction of sp³-hybridized carbons (Fsp3) is 0.138. The van der Waals surface area contributed by atoms with Gasteiger partial charge in [-0.2, -0.15) is 9.65 Å². The van der Waals surface area contributed by atoms with Crippen molar-refractivity contribution in [3.63, 3.8) is 0 Å². The molecule has 5 rings (SSSR count). The van der Waals surface area contributed by atoms with Crippen molar-refractivity contribution in [2.75, 3.05) is 0 Å². The third-order valence-corrected chi connectivity index (χ3v) is 7.85. The largest absolute Gasteiger partial charge is 0.481 e. The smallest absolute Gasteiger partial charge is 0.303 e. The first-order chi connectivity index (χ1) is 20.4. The normalized spacial score (nSPS) is 13.1. The van der Waals surface area contributed by atoms with Crippen molar-refractivity contribution in [3.05, 3.63) is 101 Å². The van der Waals surface area contributed by atoms with E-state index in [0.29, 0.717) is 11.1 Å². The number of carboxylic acids is 1. The van der Waals surface area contributed by atoms with E-state index in [0.717, 1.165) is 18.2 Å². The lowest BCUT2D eigenvalue weighted by molar-refractivity contribution is -0.136. The topological polar surface area (TPSA) is 115 Å². The molecule has 5 aromatic rings. The number of nitrogens with zero attached hydrogens (tertiary/aromatic N) is 2. The first kappa shape index (κ1) is 30.4. The minimum atomic E-state index is -1.73. The van der Waals surface area contributed by atoms with E-state index in [1.165, 1.54) is 18.5 Å². The number of aromatic nitrogens is 3. The fourth-order valence-corrected chi connectivity index (χ4v) is 5.61. The maximum Gasteiger partial charge on any atom is 0.303 e. The number of aromatic amines is 2. The average Bonchev–Trinajstić information content (AvgIpc) is 3.65. The minimum absolute atomic E-state index is 0.0907. The van der Waals surface area contributed by atoms with Gasteiger partial charge in [0.2, 0.25) is 11.6 Å². The summed E-state index contributed by atoms with van der Waals surface area (Å²) < 4.78 is 62.9. The van der Waals surface area contributed by atoms with Crippen LogP contribution in [0.2, 0.25) is 0 Å². The summed E-state index contributed by atoms with van der Waals surface area (Å²) in [6.07, 6.45) is 2.56. The maximum absolute atomic E-state index is 15.0. The number of benzene rings is 3. The van der Waals surface area contributed by atoms with E-state index in [9.17, 15) is 23.2 Å². The van der Waals surface area contributed by atoms with Crippen LogP contribution in [0.3, 0.4) is 0 Å². The number of nitrogens with one attached hydrogen (secondary N) is 2. The van der Waals surface area contributed by atoms with Gasteiger partial charge in [-0.05, 0) is 41.8 Å². The third kappa shape index (κ3) is 5.44. The van der Waals surface area contributed by atoms with Crippen molar-refractivity contribution in [2.24, 2.45) is 0 Å². The van der Waals surface area contributed by atoms with Gasteiger partial charge in [0.05, 0.1) is 29.0 Å². The van der Waals surface area contributed by atoms with Gasteiger partial charge in [0.15, 0.2) is 17.0 Å². The molecule has 7 nitrogen and oxygen atoms in total. The molecule has 2 heterocycles. The van der Waals surface area contributed by atoms with Crippen LogP contribution in [-0.2, 0) is 16.6 Å². The summed E-state index contributed by atoms with van der Waals surface area (Å²) in [7, 11) is 0. The molecule has 0 aliphatic rings. The van der Waals surface area contributed by atoms with Crippen LogP contribution in [0.15, 0.2) is 60.9 Å². The first-order valence-electron chi connectivity index (χ1n) is 12.4. The lowest BCUT2D eigenvalue weighted by Crippen LogP contribution is -2.40. The van der Waals surface area contributed by atoms with Crippen LogP contribution in [0.25, 0.3) is 22.3 Å². The molecule has 0 radical (unpaired) electrons. The molecule has 1 atom stereocenters. The predicted octanol–water partition coefficient (Wildman–Crippen LogP) is 7.18. The van der Waals surface area contributed by atoms with Gasteiger partial charge in [-0.3, -0.25) is 4.79 Å². The van der Waals surface area contributed by atoms with Gasteiger partial charge >= 0.3 is 5.97 Å². The van der Waals surface area contributed by atoms with Gasteiger partial charge in [-0.25, -0.2) is 18.2 Å². The number of aryl methyl sites for hydroxylation is 1. The maximum atomic E-state index is 15.0. The summed E-state index contributed by atoms with van der Waals surface area (Å²) in [5.74, 6) is -7.20. The highest BCUT2D eigenvalue weighted by atomic mass is 32.2. The number of carboxylic acid groups (broad SMARTS) is 1. The zero-order valence-electron chi connectivity index (χ0n) is 21.7. The number of rotatable bonds is 9. The van der Waals surface area contributed by atoms with Crippen LogP contribution in [0.4, 0.5) is 17.6 Å². The number of fused-ring (bicyclic) bond motifs is 1. The minimum Gasteiger partial charge on any atom is -0.481 e. The summed E-state index contributed by atoms with van der Waals surface area (Å²) in [4.78, 5) is 20.6. The zero-order chi connectivity index (χ0) is 31.1. The molecule has 0 amide bonds. The van der Waals surface area contributed by atoms with E-state index < -0.39 is 43.8 Å². The molecule has 0 aliphatic heterocycles. The number of aliphatic carboxylic acids is 1. The highest BCUT2D eigenvalue weighted by Gasteiger charge is 2.50. The molecule has 0 saturated carbocycles. The molecule has 220 valence electrons. The van der Waals surface area contributed by atoms with Crippen molar-refractivity contribution in [3.8, 4) is 29.0 Å². The second kappa shape index (κ2) is 11.6. The predicted molar refractivity (Wildman–Crippen MR) is 161 cm³/mol. The Morgan fingerprint density at radius 1 is 1.05 bits per heavy atom. The number of halogens is 4. The Morgan fingerprint density at radius 3 is 2.51 bits per heavy atom. The molecule has 43 heavy (non-hydrogen) atoms. The number of hydrogen-bond donors (Lipinski definition) is 6. The lowest BCUT2D eigenvalue weighted by Gasteiger charge is -2.36. The number of nitriles is 1. The highest BCUT2D eigenvalue weighted by molar-refractivity contribution is 8.17. The number of carbonyl (C=O) groups is 1. The van der Waals surface area contributed by atoms with Crippen molar-refractivity contribution in [2.45, 2.75) is 21.7 Å². The fourth-order valence-electron chi connectivity index (χ4n) is 4.71. The Bertz CT molecular complexity index is 1920. The molecule has 0 bridgehead atoms. The molecule has 0 saturated heterocycles. The Labute approximate surface area is 258 Å². The summed E-state index contributed by atoms with van der Waals surface area (Å²) in [6, 6.07) is 13.2. The number of hydrogen-bond acceptors (Lipinski definition) is 7. The van der Waals surface area contributed by atoms with Gasteiger partial charge in [0.1, 0.15) is 20.8 Å². The first-order valence-corrected chi connectivity index (χ1v) is 13.8. The molecule has 0 spiro atoms. The molecular weight excluding hydrogens is 625 g/mol. The van der Waals surface area contributed by atoms with Crippen LogP contribution in [0.5, 0.6) is 11.5 Å². The van der Waals surface area contributed by atoms with Gasteiger partial charge in [-0.15, -0.1) is 37.9 Å². The van der Waals surface area contributed by atoms with Crippen LogP contribution in [0.1, 0.15) is 23.2 Å². The Hall–Kier alpha value is -4.06. The number of imidazole rings is 1. The van der Waals surface area contributed by atoms with Crippen LogP contribution >= 0.6 is 37.9 Å².